The Morgan fingerprint density at radius 2 is 1.86 bits per heavy atom. The first kappa shape index (κ1) is 19.1. The molecule has 2 aromatic heterocycles. The van der Waals surface area contributed by atoms with E-state index in [9.17, 15) is 13.2 Å². The monoisotopic (exact) mass is 418 g/mol. The third-order valence-corrected chi connectivity index (χ3v) is 7.19. The van der Waals surface area contributed by atoms with Crippen molar-refractivity contribution < 1.29 is 8.42 Å². The zero-order valence-corrected chi connectivity index (χ0v) is 17.2. The van der Waals surface area contributed by atoms with E-state index in [1.54, 1.807) is 17.5 Å². The van der Waals surface area contributed by atoms with Gasteiger partial charge in [-0.2, -0.15) is 0 Å². The smallest absolute Gasteiger partial charge is 0.279 e. The van der Waals surface area contributed by atoms with Crippen molar-refractivity contribution in [1.82, 2.24) is 14.3 Å². The van der Waals surface area contributed by atoms with Crippen molar-refractivity contribution in [2.75, 3.05) is 17.8 Å². The topological polar surface area (TPSA) is 83.8 Å². The lowest BCUT2D eigenvalue weighted by molar-refractivity contribution is 0.221. The minimum absolute atomic E-state index is 0.196. The van der Waals surface area contributed by atoms with Gasteiger partial charge < -0.3 is 0 Å². The lowest BCUT2D eigenvalue weighted by atomic mass is 10.1. The van der Waals surface area contributed by atoms with E-state index in [2.05, 4.69) is 14.6 Å². The summed E-state index contributed by atoms with van der Waals surface area (Å²) in [6, 6.07) is 7.32. The number of aromatic nitrogens is 2. The van der Waals surface area contributed by atoms with Gasteiger partial charge in [0.05, 0.1) is 5.69 Å². The summed E-state index contributed by atoms with van der Waals surface area (Å²) in [7, 11) is -4.04. The predicted molar refractivity (Wildman–Crippen MR) is 110 cm³/mol. The second-order valence-corrected chi connectivity index (χ2v) is 9.52. The number of fused-ring (bicyclic) bond motifs is 1. The fourth-order valence-corrected chi connectivity index (χ4v) is 5.60. The van der Waals surface area contributed by atoms with Crippen molar-refractivity contribution in [2.45, 2.75) is 37.6 Å². The molecule has 1 fully saturated rings. The van der Waals surface area contributed by atoms with Crippen LogP contribution in [0.25, 0.3) is 4.96 Å². The molecule has 0 spiro atoms. The quantitative estimate of drug-likeness (QED) is 0.689. The Labute approximate surface area is 167 Å². The summed E-state index contributed by atoms with van der Waals surface area (Å²) in [5.41, 5.74) is 1.18. The number of hydrogen-bond acceptors (Lipinski definition) is 6. The third-order valence-electron chi connectivity index (χ3n) is 4.92. The minimum atomic E-state index is -4.04. The average molecular weight is 419 g/mol. The van der Waals surface area contributed by atoms with E-state index < -0.39 is 15.6 Å². The molecule has 0 aliphatic carbocycles. The maximum Gasteiger partial charge on any atom is 0.279 e. The van der Waals surface area contributed by atoms with Crippen LogP contribution >= 0.6 is 11.3 Å². The maximum atomic E-state index is 12.8. The Bertz CT molecular complexity index is 1140. The molecular formula is C19H22N4O3S2. The molecule has 148 valence electrons. The average Bonchev–Trinajstić information content (AvgIpc) is 3.12. The molecule has 1 N–H and O–H groups in total. The summed E-state index contributed by atoms with van der Waals surface area (Å²) in [5, 5.41) is 1.70. The van der Waals surface area contributed by atoms with Crippen LogP contribution in [0.5, 0.6) is 0 Å². The first-order valence-corrected chi connectivity index (χ1v) is 11.6. The van der Waals surface area contributed by atoms with E-state index in [1.807, 2.05) is 12.1 Å². The molecule has 0 atom stereocenters. The number of nitrogens with zero attached hydrogens (tertiary/aromatic N) is 3. The van der Waals surface area contributed by atoms with Crippen molar-refractivity contribution in [3.8, 4) is 0 Å². The van der Waals surface area contributed by atoms with Gasteiger partial charge in [0.2, 0.25) is 0 Å². The highest BCUT2D eigenvalue weighted by atomic mass is 32.2. The van der Waals surface area contributed by atoms with Gasteiger partial charge in [0.1, 0.15) is 0 Å². The molecule has 0 amide bonds. The zero-order chi connectivity index (χ0) is 19.7. The molecule has 4 rings (SSSR count). The Morgan fingerprint density at radius 3 is 2.57 bits per heavy atom. The summed E-state index contributed by atoms with van der Waals surface area (Å²) in [6.07, 6.45) is 5.29. The molecule has 1 saturated heterocycles. The van der Waals surface area contributed by atoms with Crippen LogP contribution in [-0.4, -0.2) is 35.8 Å². The van der Waals surface area contributed by atoms with Crippen LogP contribution in [0.2, 0.25) is 0 Å². The number of thiazole rings is 1. The van der Waals surface area contributed by atoms with Crippen LogP contribution < -0.4 is 10.3 Å². The standard InChI is InChI=1S/C19H22N4O3S2/c1-14-17(18(24)23-11-12-27-19(23)20-14)28(25,26)21-16-7-5-15(6-8-16)13-22-9-3-2-4-10-22/h5-8,11-12,21H,2-4,9-10,13H2,1H3. The summed E-state index contributed by atoms with van der Waals surface area (Å²) >= 11 is 1.29. The zero-order valence-electron chi connectivity index (χ0n) is 15.6. The molecule has 0 radical (unpaired) electrons. The highest BCUT2D eigenvalue weighted by molar-refractivity contribution is 7.92. The molecule has 1 aliphatic rings. The number of aryl methyl sites for hydroxylation is 1. The van der Waals surface area contributed by atoms with E-state index in [0.717, 1.165) is 25.2 Å². The normalized spacial score (nSPS) is 15.8. The minimum Gasteiger partial charge on any atom is -0.299 e. The van der Waals surface area contributed by atoms with E-state index in [4.69, 9.17) is 0 Å². The number of likely N-dealkylation sites (tertiary alicyclic amines) is 1. The summed E-state index contributed by atoms with van der Waals surface area (Å²) in [6.45, 7) is 4.62. The molecule has 0 unspecified atom stereocenters. The molecule has 9 heteroatoms. The van der Waals surface area contributed by atoms with E-state index in [0.29, 0.717) is 10.6 Å². The van der Waals surface area contributed by atoms with E-state index >= 15 is 0 Å². The lowest BCUT2D eigenvalue weighted by Gasteiger charge is -2.26. The second kappa shape index (κ2) is 7.65. The molecule has 7 nitrogen and oxygen atoms in total. The van der Waals surface area contributed by atoms with Crippen LogP contribution in [0.3, 0.4) is 0 Å². The van der Waals surface area contributed by atoms with E-state index in [1.165, 1.54) is 48.1 Å². The van der Waals surface area contributed by atoms with Crippen LogP contribution in [0.15, 0.2) is 45.5 Å². The molecule has 3 heterocycles. The first-order valence-electron chi connectivity index (χ1n) is 9.25. The van der Waals surface area contributed by atoms with Crippen LogP contribution in [0.4, 0.5) is 5.69 Å². The van der Waals surface area contributed by atoms with Gasteiger partial charge in [0.25, 0.3) is 15.6 Å². The van der Waals surface area contributed by atoms with Crippen LogP contribution in [-0.2, 0) is 16.6 Å². The number of hydrogen-bond donors (Lipinski definition) is 1. The van der Waals surface area contributed by atoms with Crippen molar-refractivity contribution >= 4 is 32.0 Å². The molecular weight excluding hydrogens is 396 g/mol. The lowest BCUT2D eigenvalue weighted by Crippen LogP contribution is -2.29. The SMILES string of the molecule is Cc1nc2sccn2c(=O)c1S(=O)(=O)Nc1ccc(CN2CCCCC2)cc1. The largest absolute Gasteiger partial charge is 0.299 e. The molecule has 28 heavy (non-hydrogen) atoms. The summed E-state index contributed by atoms with van der Waals surface area (Å²) < 4.78 is 29.5. The number of sulfonamides is 1. The Balaban J connectivity index is 1.56. The highest BCUT2D eigenvalue weighted by Gasteiger charge is 2.24. The maximum absolute atomic E-state index is 12.8. The van der Waals surface area contributed by atoms with E-state index in [-0.39, 0.29) is 10.6 Å². The van der Waals surface area contributed by atoms with Crippen molar-refractivity contribution in [3.63, 3.8) is 0 Å². The third kappa shape index (κ3) is 3.82. The van der Waals surface area contributed by atoms with Gasteiger partial charge in [-0.15, -0.1) is 11.3 Å². The molecule has 3 aromatic rings. The van der Waals surface area contributed by atoms with Crippen LogP contribution in [0.1, 0.15) is 30.5 Å². The first-order chi connectivity index (χ1) is 13.4. The van der Waals surface area contributed by atoms with Crippen LogP contribution in [0, 0.1) is 6.92 Å². The number of benzene rings is 1. The fraction of sp³-hybridized carbons (Fsp3) is 0.368. The highest BCUT2D eigenvalue weighted by Crippen LogP contribution is 2.19. The molecule has 1 aromatic carbocycles. The molecule has 1 aliphatic heterocycles. The number of anilines is 1. The van der Waals surface area contributed by atoms with Gasteiger partial charge in [-0.05, 0) is 50.6 Å². The summed E-state index contributed by atoms with van der Waals surface area (Å²) in [5.74, 6) is 0. The van der Waals surface area contributed by atoms with Gasteiger partial charge in [-0.25, -0.2) is 13.4 Å². The van der Waals surface area contributed by atoms with Crippen molar-refractivity contribution in [2.24, 2.45) is 0 Å². The molecule has 0 bridgehead atoms. The second-order valence-electron chi connectivity index (χ2n) is 7.03. The van der Waals surface area contributed by atoms with Gasteiger partial charge in [-0.3, -0.25) is 18.8 Å². The van der Waals surface area contributed by atoms with Gasteiger partial charge in [0, 0.05) is 23.8 Å². The Kier molecular flexibility index (Phi) is 5.22. The summed E-state index contributed by atoms with van der Waals surface area (Å²) in [4.78, 5) is 19.4. The van der Waals surface area contributed by atoms with Crippen molar-refractivity contribution in [3.05, 3.63) is 57.5 Å². The fourth-order valence-electron chi connectivity index (χ4n) is 3.54. The van der Waals surface area contributed by atoms with Crippen molar-refractivity contribution in [1.29, 1.82) is 0 Å². The Morgan fingerprint density at radius 1 is 1.14 bits per heavy atom. The predicted octanol–water partition coefficient (Wildman–Crippen LogP) is 2.85. The number of nitrogens with one attached hydrogen (secondary N) is 1. The number of rotatable bonds is 5. The van der Waals surface area contributed by atoms with Gasteiger partial charge in [-0.1, -0.05) is 18.6 Å². The molecule has 0 saturated carbocycles. The number of piperidine rings is 1. The van der Waals surface area contributed by atoms with Gasteiger partial charge in [0.15, 0.2) is 9.86 Å². The Hall–Kier alpha value is -2.23. The van der Waals surface area contributed by atoms with Gasteiger partial charge >= 0.3 is 0 Å².